The smallest absolute Gasteiger partial charge is 0.165 e. The van der Waals surface area contributed by atoms with Gasteiger partial charge in [-0.25, -0.2) is 0 Å². The largest absolute Gasteiger partial charge is 0.512 e. The first-order valence-electron chi connectivity index (χ1n) is 35.1. The number of aromatic nitrogens is 2. The van der Waals surface area contributed by atoms with Gasteiger partial charge in [0.2, 0.25) is 0 Å². The maximum absolute atomic E-state index is 12.5. The molecule has 7 heteroatoms. The van der Waals surface area contributed by atoms with Gasteiger partial charge in [-0.3, -0.25) is 14.8 Å². The molecular weight excluding hydrogens is 1330 g/mol. The zero-order valence-electron chi connectivity index (χ0n) is 61.7. The van der Waals surface area contributed by atoms with Crippen LogP contribution in [-0.4, -0.2) is 20.9 Å². The number of fused-ring (bicyclic) bond motifs is 10. The molecule has 12 rings (SSSR count). The molecule has 479 valence electrons. The van der Waals surface area contributed by atoms with Gasteiger partial charge in [0.25, 0.3) is 0 Å². The number of aliphatic hydroxyl groups is 1. The molecule has 0 fully saturated rings. The number of ketones is 1. The third-order valence-corrected chi connectivity index (χ3v) is 21.5. The Bertz CT molecular complexity index is 4650. The van der Waals surface area contributed by atoms with Gasteiger partial charge in [-0.1, -0.05) is 230 Å². The molecule has 1 radical (unpaired) electrons. The third kappa shape index (κ3) is 14.2. The Morgan fingerprint density at radius 1 is 0.495 bits per heavy atom. The van der Waals surface area contributed by atoms with E-state index in [1.54, 1.807) is 23.5 Å². The number of hydrogen-bond donors (Lipinski definition) is 1. The van der Waals surface area contributed by atoms with Gasteiger partial charge in [-0.2, -0.15) is 0 Å². The van der Waals surface area contributed by atoms with Gasteiger partial charge < -0.3 is 5.11 Å². The topological polar surface area (TPSA) is 63.1 Å². The fourth-order valence-corrected chi connectivity index (χ4v) is 16.5. The van der Waals surface area contributed by atoms with E-state index in [1.165, 1.54) is 65.2 Å². The quantitative estimate of drug-likeness (QED) is 0.0537. The molecule has 2 aromatic heterocycles. The van der Waals surface area contributed by atoms with Crippen molar-refractivity contribution in [1.82, 2.24) is 9.97 Å². The molecule has 8 aromatic carbocycles. The molecule has 0 amide bonds. The maximum Gasteiger partial charge on any atom is 0.165 e. The average Bonchev–Trinajstić information content (AvgIpc) is 0.716. The Hall–Kier alpha value is -5.82. The maximum atomic E-state index is 12.5. The van der Waals surface area contributed by atoms with Crippen molar-refractivity contribution in [3.8, 4) is 22.5 Å². The van der Waals surface area contributed by atoms with Crippen molar-refractivity contribution >= 4 is 93.9 Å². The van der Waals surface area contributed by atoms with Gasteiger partial charge in [0.15, 0.2) is 5.78 Å². The molecule has 4 nitrogen and oxygen atoms in total. The van der Waals surface area contributed by atoms with Crippen molar-refractivity contribution in [1.29, 1.82) is 0 Å². The molecule has 0 saturated carbocycles. The Balaban J connectivity index is 0.000000177. The number of allylic oxidation sites excluding steroid dienone is 2. The second-order valence-corrected chi connectivity index (χ2v) is 32.7. The molecule has 0 spiro atoms. The molecule has 0 atom stereocenters. The van der Waals surface area contributed by atoms with Crippen LogP contribution in [0.3, 0.4) is 0 Å². The van der Waals surface area contributed by atoms with Gasteiger partial charge in [-0.05, 0) is 181 Å². The van der Waals surface area contributed by atoms with Gasteiger partial charge in [0.05, 0.1) is 5.48 Å². The minimum Gasteiger partial charge on any atom is -0.512 e. The minimum absolute atomic E-state index is 0. The minimum atomic E-state index is -0.297. The third-order valence-electron chi connectivity index (χ3n) is 19.1. The summed E-state index contributed by atoms with van der Waals surface area (Å²) in [7, 11) is 0. The average molecular weight is 1430 g/mol. The molecule has 0 bridgehead atoms. The van der Waals surface area contributed by atoms with E-state index in [0.717, 1.165) is 140 Å². The van der Waals surface area contributed by atoms with Crippen LogP contribution >= 0.6 is 23.5 Å². The van der Waals surface area contributed by atoms with E-state index in [2.05, 4.69) is 235 Å². The zero-order valence-corrected chi connectivity index (χ0v) is 61.7. The Kier molecular flexibility index (Phi) is 18.9. The fourth-order valence-electron chi connectivity index (χ4n) is 14.0. The van der Waals surface area contributed by atoms with E-state index in [0.29, 0.717) is 0 Å². The predicted molar refractivity (Wildman–Crippen MR) is 390 cm³/mol. The molecule has 4 heterocycles. The van der Waals surface area contributed by atoms with Crippen LogP contribution in [0, 0.1) is 51.5 Å². The zero-order chi connectivity index (χ0) is 68.5. The molecule has 0 aliphatic carbocycles. The van der Waals surface area contributed by atoms with Crippen molar-refractivity contribution in [2.75, 3.05) is 0 Å². The first kappa shape index (κ1) is 63.9. The summed E-state index contributed by atoms with van der Waals surface area (Å²) >= 11 is 3.60. The van der Waals surface area contributed by atoms with Gasteiger partial charge in [0, 0.05) is 70.5 Å². The van der Waals surface area contributed by atoms with E-state index in [-0.39, 0.29) is 88.6 Å². The second kappa shape index (κ2) is 26.9. The summed E-state index contributed by atoms with van der Waals surface area (Å²) < 4.78 is 35.3. The SMILES string of the molecule is CCC(CC)(CC)C(=O)/C=C(\O)C(CC)(CC)CC.[2H]c1nc2c3c(cc4c(CC(C)(C)C)cccc4c3c1[2H])Sc1c-2[c-]c2cc(C)ccc2c1CC(C)(C)C.[2H]c1nc2c3c(cc4c(CC(C)(C)C)cccc4c3c1[2H])Sc1c-2[c-]c2ccccc2c1CC(C)(C)C.[Ir]. The normalized spacial score (nSPS) is 14.0. The van der Waals surface area contributed by atoms with E-state index in [9.17, 15) is 9.90 Å². The van der Waals surface area contributed by atoms with Crippen LogP contribution in [0.5, 0.6) is 0 Å². The molecule has 1 N–H and O–H groups in total. The van der Waals surface area contributed by atoms with Crippen LogP contribution in [0.4, 0.5) is 0 Å². The van der Waals surface area contributed by atoms with Gasteiger partial charge >= 0.3 is 0 Å². The van der Waals surface area contributed by atoms with Crippen LogP contribution in [-0.2, 0) is 50.6 Å². The number of hydrogen-bond acceptors (Lipinski definition) is 6. The molecule has 2 aliphatic heterocycles. The van der Waals surface area contributed by atoms with Crippen molar-refractivity contribution in [2.24, 2.45) is 32.5 Å². The molecule has 0 unspecified atom stereocenters. The van der Waals surface area contributed by atoms with Crippen LogP contribution in [0.1, 0.15) is 196 Å². The number of aryl methyl sites for hydroxylation is 1. The summed E-state index contributed by atoms with van der Waals surface area (Å²) in [4.78, 5) is 26.7. The van der Waals surface area contributed by atoms with E-state index < -0.39 is 0 Å². The van der Waals surface area contributed by atoms with Crippen LogP contribution < -0.4 is 0 Å². The summed E-state index contributed by atoms with van der Waals surface area (Å²) in [6.45, 7) is 41.8. The number of carbonyl (C=O) groups is 1. The van der Waals surface area contributed by atoms with Gasteiger partial charge in [-0.15, -0.1) is 58.6 Å². The first-order chi connectivity index (χ1) is 44.1. The summed E-state index contributed by atoms with van der Waals surface area (Å²) in [6.07, 6.45) is 10.4. The van der Waals surface area contributed by atoms with E-state index in [1.807, 2.05) is 0 Å². The van der Waals surface area contributed by atoms with Crippen LogP contribution in [0.15, 0.2) is 147 Å². The van der Waals surface area contributed by atoms with Gasteiger partial charge in [0.1, 0.15) is 5.76 Å². The molecular formula is C84H98IrN2O2S2-2. The fraction of sp³-hybridized carbons (Fsp3) is 0.417. The summed E-state index contributed by atoms with van der Waals surface area (Å²) in [5.41, 5.74) is 9.95. The number of rotatable bonds is 13. The second-order valence-electron chi connectivity index (χ2n) is 30.6. The Morgan fingerprint density at radius 2 is 0.901 bits per heavy atom. The van der Waals surface area contributed by atoms with Crippen molar-refractivity contribution < 1.29 is 35.5 Å². The first-order valence-corrected chi connectivity index (χ1v) is 34.7. The van der Waals surface area contributed by atoms with Crippen LogP contribution in [0.25, 0.3) is 87.1 Å². The summed E-state index contributed by atoms with van der Waals surface area (Å²) in [6, 6.07) is 40.4. The molecule has 10 aromatic rings. The predicted octanol–water partition coefficient (Wildman–Crippen LogP) is 25.0. The Morgan fingerprint density at radius 3 is 1.33 bits per heavy atom. The molecule has 91 heavy (non-hydrogen) atoms. The monoisotopic (exact) mass is 1430 g/mol. The summed E-state index contributed by atoms with van der Waals surface area (Å²) in [5.74, 6) is 0.377. The number of aliphatic hydroxyl groups excluding tert-OH is 1. The van der Waals surface area contributed by atoms with E-state index >= 15 is 0 Å². The van der Waals surface area contributed by atoms with E-state index in [4.69, 9.17) is 15.5 Å². The number of nitrogens with zero attached hydrogens (tertiary/aromatic N) is 2. The summed E-state index contributed by atoms with van der Waals surface area (Å²) in [5, 5.41) is 23.2. The number of pyridine rings is 2. The van der Waals surface area contributed by atoms with Crippen molar-refractivity contribution in [3.05, 3.63) is 167 Å². The standard InChI is InChI=1S/C34H34NS.C33H32NS.C17H32O2.Ir/c1-20-11-12-23-22(15-20)16-27-31-30-25(13-14-35-31)24-10-8-9-21(18-33(2,3)4)26(24)17-29(30)36-32(27)28(23)19-34(5,6)7;1-32(2,3)18-21-11-9-13-23-24-14-15-34-30-26-16-20-10-7-8-12-22(20)27(19-33(4,5)6)31(26)35-28(29(24)30)17-25(21)23;1-7-16(8-2,9-3)14(18)13-15(19)17(10-4,11-5)12-6;/h8-15,17H,18-19H2,1-7H3;7-15,17H,18-19H2,1-6H3;13,18H,7-12H2,1-6H3;/q2*-1;;/b;;14-13-;/i13D,14D;14D,15D;;. The molecule has 0 saturated heterocycles. The molecule has 2 aliphatic rings. The van der Waals surface area contributed by atoms with Crippen molar-refractivity contribution in [2.45, 2.75) is 215 Å². The number of benzene rings is 8. The Labute approximate surface area is 573 Å². The number of carbonyl (C=O) groups excluding carboxylic acids is 1. The van der Waals surface area contributed by atoms with Crippen molar-refractivity contribution in [3.63, 3.8) is 0 Å². The van der Waals surface area contributed by atoms with Crippen LogP contribution in [0.2, 0.25) is 0 Å².